The molecule has 0 aliphatic carbocycles. The van der Waals surface area contributed by atoms with Crippen molar-refractivity contribution in [3.05, 3.63) is 52.2 Å². The lowest BCUT2D eigenvalue weighted by Gasteiger charge is -2.11. The van der Waals surface area contributed by atoms with Crippen LogP contribution in [0.1, 0.15) is 37.0 Å². The summed E-state index contributed by atoms with van der Waals surface area (Å²) in [6.07, 6.45) is 0. The van der Waals surface area contributed by atoms with Crippen LogP contribution in [0.2, 0.25) is 5.02 Å². The summed E-state index contributed by atoms with van der Waals surface area (Å²) in [6.45, 7) is 6.02. The Morgan fingerprint density at radius 1 is 1.28 bits per heavy atom. The Balaban J connectivity index is 1.67. The van der Waals surface area contributed by atoms with E-state index in [1.54, 1.807) is 23.6 Å². The molecule has 3 rings (SSSR count). The Kier molecular flexibility index (Phi) is 4.78. The number of nitrogens with zero attached hydrogens (tertiary/aromatic N) is 2. The first kappa shape index (κ1) is 17.4. The third-order valence-corrected chi connectivity index (χ3v) is 4.30. The second-order valence-electron chi connectivity index (χ2n) is 6.45. The molecule has 0 bridgehead atoms. The molecule has 0 spiro atoms. The van der Waals surface area contributed by atoms with Gasteiger partial charge < -0.3 is 15.2 Å². The molecule has 0 radical (unpaired) electrons. The molecule has 2 N–H and O–H groups in total. The van der Waals surface area contributed by atoms with E-state index in [-0.39, 0.29) is 11.3 Å². The SMILES string of the molecule is CC(C)(C)c1cc(NC(=O)c2csc(Nc3cccc(Cl)c3)n2)no1. The Hall–Kier alpha value is -2.38. The number of carbonyl (C=O) groups is 1. The molecule has 0 saturated carbocycles. The zero-order chi connectivity index (χ0) is 18.0. The Bertz CT molecular complexity index is 898. The number of anilines is 3. The minimum absolute atomic E-state index is 0.176. The smallest absolute Gasteiger partial charge is 0.276 e. The number of hydrogen-bond donors (Lipinski definition) is 2. The van der Waals surface area contributed by atoms with Crippen molar-refractivity contribution in [1.82, 2.24) is 10.1 Å². The lowest BCUT2D eigenvalue weighted by molar-refractivity contribution is 0.102. The molecule has 25 heavy (non-hydrogen) atoms. The average Bonchev–Trinajstić information content (AvgIpc) is 3.16. The predicted molar refractivity (Wildman–Crippen MR) is 100 cm³/mol. The van der Waals surface area contributed by atoms with Gasteiger partial charge in [-0.3, -0.25) is 4.79 Å². The number of thiazole rings is 1. The van der Waals surface area contributed by atoms with E-state index in [2.05, 4.69) is 20.8 Å². The van der Waals surface area contributed by atoms with E-state index in [1.807, 2.05) is 32.9 Å². The fraction of sp³-hybridized carbons (Fsp3) is 0.235. The Morgan fingerprint density at radius 2 is 2.08 bits per heavy atom. The minimum atomic E-state index is -0.343. The van der Waals surface area contributed by atoms with Gasteiger partial charge in [-0.2, -0.15) is 0 Å². The van der Waals surface area contributed by atoms with Gasteiger partial charge >= 0.3 is 0 Å². The monoisotopic (exact) mass is 376 g/mol. The highest BCUT2D eigenvalue weighted by atomic mass is 35.5. The lowest BCUT2D eigenvalue weighted by Crippen LogP contribution is -2.13. The second kappa shape index (κ2) is 6.85. The summed E-state index contributed by atoms with van der Waals surface area (Å²) < 4.78 is 5.25. The van der Waals surface area contributed by atoms with Crippen LogP contribution in [0.4, 0.5) is 16.6 Å². The lowest BCUT2D eigenvalue weighted by atomic mass is 9.93. The molecule has 3 aromatic rings. The Morgan fingerprint density at radius 3 is 2.76 bits per heavy atom. The minimum Gasteiger partial charge on any atom is -0.359 e. The zero-order valence-electron chi connectivity index (χ0n) is 14.0. The molecule has 0 aliphatic rings. The third-order valence-electron chi connectivity index (χ3n) is 3.30. The van der Waals surface area contributed by atoms with E-state index in [4.69, 9.17) is 16.1 Å². The number of hydrogen-bond acceptors (Lipinski definition) is 6. The fourth-order valence-electron chi connectivity index (χ4n) is 1.99. The maximum Gasteiger partial charge on any atom is 0.276 e. The fourth-order valence-corrected chi connectivity index (χ4v) is 2.89. The predicted octanol–water partition coefficient (Wildman–Crippen LogP) is 5.08. The molecule has 8 heteroatoms. The van der Waals surface area contributed by atoms with Crippen LogP contribution < -0.4 is 10.6 Å². The molecule has 0 aliphatic heterocycles. The van der Waals surface area contributed by atoms with Crippen molar-refractivity contribution in [2.24, 2.45) is 0 Å². The van der Waals surface area contributed by atoms with Crippen molar-refractivity contribution < 1.29 is 9.32 Å². The van der Waals surface area contributed by atoms with E-state index in [0.717, 1.165) is 5.69 Å². The van der Waals surface area contributed by atoms with Gasteiger partial charge in [-0.05, 0) is 18.2 Å². The van der Waals surface area contributed by atoms with Crippen LogP contribution >= 0.6 is 22.9 Å². The van der Waals surface area contributed by atoms with E-state index in [1.165, 1.54) is 11.3 Å². The van der Waals surface area contributed by atoms with Gasteiger partial charge in [0.05, 0.1) is 0 Å². The normalized spacial score (nSPS) is 11.4. The highest BCUT2D eigenvalue weighted by molar-refractivity contribution is 7.14. The molecule has 130 valence electrons. The largest absolute Gasteiger partial charge is 0.359 e. The van der Waals surface area contributed by atoms with Crippen LogP contribution in [0.25, 0.3) is 0 Å². The third kappa shape index (κ3) is 4.37. The Labute approximate surface area is 154 Å². The maximum atomic E-state index is 12.3. The van der Waals surface area contributed by atoms with Crippen LogP contribution in [-0.2, 0) is 5.41 Å². The van der Waals surface area contributed by atoms with Crippen LogP contribution in [0.5, 0.6) is 0 Å². The quantitative estimate of drug-likeness (QED) is 0.663. The molecule has 0 saturated heterocycles. The van der Waals surface area contributed by atoms with Gasteiger partial charge in [-0.15, -0.1) is 11.3 Å². The number of halogens is 1. The van der Waals surface area contributed by atoms with Gasteiger partial charge in [0, 0.05) is 27.6 Å². The summed E-state index contributed by atoms with van der Waals surface area (Å²) in [5, 5.41) is 12.6. The summed E-state index contributed by atoms with van der Waals surface area (Å²) in [6, 6.07) is 9.00. The van der Waals surface area contributed by atoms with Gasteiger partial charge in [-0.25, -0.2) is 4.98 Å². The number of amides is 1. The van der Waals surface area contributed by atoms with E-state index < -0.39 is 0 Å². The molecule has 2 heterocycles. The summed E-state index contributed by atoms with van der Waals surface area (Å²) in [4.78, 5) is 16.6. The van der Waals surface area contributed by atoms with Gasteiger partial charge in [0.1, 0.15) is 11.5 Å². The summed E-state index contributed by atoms with van der Waals surface area (Å²) in [5.41, 5.74) is 0.931. The van der Waals surface area contributed by atoms with Crippen molar-refractivity contribution in [3.63, 3.8) is 0 Å². The molecular weight excluding hydrogens is 360 g/mol. The van der Waals surface area contributed by atoms with Crippen LogP contribution in [0.3, 0.4) is 0 Å². The number of nitrogens with one attached hydrogen (secondary N) is 2. The highest BCUT2D eigenvalue weighted by Gasteiger charge is 2.21. The van der Waals surface area contributed by atoms with E-state index in [0.29, 0.717) is 27.4 Å². The highest BCUT2D eigenvalue weighted by Crippen LogP contribution is 2.26. The first-order valence-electron chi connectivity index (χ1n) is 7.58. The van der Waals surface area contributed by atoms with Crippen LogP contribution in [0.15, 0.2) is 40.2 Å². The summed E-state index contributed by atoms with van der Waals surface area (Å²) in [7, 11) is 0. The zero-order valence-corrected chi connectivity index (χ0v) is 15.5. The summed E-state index contributed by atoms with van der Waals surface area (Å²) in [5.74, 6) is 0.723. The maximum absolute atomic E-state index is 12.3. The number of benzene rings is 1. The van der Waals surface area contributed by atoms with Crippen molar-refractivity contribution >= 4 is 45.5 Å². The molecule has 6 nitrogen and oxygen atoms in total. The van der Waals surface area contributed by atoms with E-state index >= 15 is 0 Å². The van der Waals surface area contributed by atoms with Crippen molar-refractivity contribution in [1.29, 1.82) is 0 Å². The number of aromatic nitrogens is 2. The topological polar surface area (TPSA) is 80.0 Å². The van der Waals surface area contributed by atoms with Crippen molar-refractivity contribution in [2.45, 2.75) is 26.2 Å². The van der Waals surface area contributed by atoms with Crippen LogP contribution in [-0.4, -0.2) is 16.0 Å². The van der Waals surface area contributed by atoms with Gasteiger partial charge in [-0.1, -0.05) is 43.6 Å². The molecule has 1 amide bonds. The second-order valence-corrected chi connectivity index (χ2v) is 7.75. The van der Waals surface area contributed by atoms with Crippen LogP contribution in [0, 0.1) is 0 Å². The summed E-state index contributed by atoms with van der Waals surface area (Å²) >= 11 is 7.28. The average molecular weight is 377 g/mol. The van der Waals surface area contributed by atoms with Gasteiger partial charge in [0.15, 0.2) is 10.9 Å². The number of carbonyl (C=O) groups excluding carboxylic acids is 1. The van der Waals surface area contributed by atoms with Crippen molar-refractivity contribution in [3.8, 4) is 0 Å². The molecule has 2 aromatic heterocycles. The standard InChI is InChI=1S/C17H17ClN4O2S/c1-17(2,3)13-8-14(22-24-13)21-15(23)12-9-25-16(20-12)19-11-6-4-5-10(18)7-11/h4-9H,1-3H3,(H,19,20)(H,21,22,23). The van der Waals surface area contributed by atoms with Crippen molar-refractivity contribution in [2.75, 3.05) is 10.6 Å². The van der Waals surface area contributed by atoms with E-state index in [9.17, 15) is 4.79 Å². The van der Waals surface area contributed by atoms with Gasteiger partial charge in [0.25, 0.3) is 5.91 Å². The first-order valence-corrected chi connectivity index (χ1v) is 8.84. The first-order chi connectivity index (χ1) is 11.8. The molecular formula is C17H17ClN4O2S. The molecule has 1 aromatic carbocycles. The van der Waals surface area contributed by atoms with Gasteiger partial charge in [0.2, 0.25) is 0 Å². The number of rotatable bonds is 4. The molecule has 0 unspecified atom stereocenters. The molecule has 0 fully saturated rings. The molecule has 0 atom stereocenters.